The van der Waals surface area contributed by atoms with E-state index in [1.165, 1.54) is 66.4 Å². The number of allylic oxidation sites excluding steroid dienone is 5. The standard InChI is InChI=1S/C43H31N3/c44-28-31-13-4-7-23-38(31)46-40-25-9-6-19-37(40)42-33(20-12-26-41(42)46)29-14-10-15-30(27-29)34-21-11-22-36-35-18-5-8-24-39(35)45(43(34)36)32-16-2-1-3-17-32/h1-2,4-8,10-16,18-24,26-27H,3,9,17,25H2. The van der Waals surface area contributed by atoms with Gasteiger partial charge in [-0.05, 0) is 78.8 Å². The highest BCUT2D eigenvalue weighted by molar-refractivity contribution is 6.15. The lowest BCUT2D eigenvalue weighted by Gasteiger charge is -2.16. The monoisotopic (exact) mass is 589 g/mol. The third-order valence-corrected chi connectivity index (χ3v) is 9.69. The molecule has 3 heteroatoms. The molecule has 0 atom stereocenters. The molecule has 7 aromatic rings. The molecule has 2 aliphatic rings. The van der Waals surface area contributed by atoms with Crippen molar-refractivity contribution in [3.63, 3.8) is 0 Å². The first kappa shape index (κ1) is 26.5. The number of hydrogen-bond acceptors (Lipinski definition) is 1. The number of rotatable bonds is 4. The maximum absolute atomic E-state index is 10.0. The van der Waals surface area contributed by atoms with Crippen LogP contribution in [0.4, 0.5) is 0 Å². The van der Waals surface area contributed by atoms with Gasteiger partial charge in [-0.2, -0.15) is 5.26 Å². The summed E-state index contributed by atoms with van der Waals surface area (Å²) < 4.78 is 4.82. The first-order valence-electron chi connectivity index (χ1n) is 16.1. The van der Waals surface area contributed by atoms with Gasteiger partial charge in [-0.15, -0.1) is 0 Å². The van der Waals surface area contributed by atoms with Crippen LogP contribution in [-0.2, 0) is 6.42 Å². The highest BCUT2D eigenvalue weighted by Crippen LogP contribution is 2.43. The van der Waals surface area contributed by atoms with Gasteiger partial charge in [-0.25, -0.2) is 0 Å². The average molecular weight is 590 g/mol. The van der Waals surface area contributed by atoms with Crippen molar-refractivity contribution in [2.24, 2.45) is 0 Å². The predicted octanol–water partition coefficient (Wildman–Crippen LogP) is 11.1. The number of aromatic nitrogens is 2. The van der Waals surface area contributed by atoms with E-state index in [0.717, 1.165) is 36.9 Å². The van der Waals surface area contributed by atoms with Gasteiger partial charge >= 0.3 is 0 Å². The minimum Gasteiger partial charge on any atom is -0.312 e. The lowest BCUT2D eigenvalue weighted by Crippen LogP contribution is -2.04. The second-order valence-corrected chi connectivity index (χ2v) is 12.2. The Labute approximate surface area is 268 Å². The van der Waals surface area contributed by atoms with Crippen molar-refractivity contribution in [1.29, 1.82) is 5.26 Å². The molecule has 5 aromatic carbocycles. The van der Waals surface area contributed by atoms with Gasteiger partial charge in [-0.3, -0.25) is 0 Å². The van der Waals surface area contributed by atoms with Crippen LogP contribution in [0.3, 0.4) is 0 Å². The van der Waals surface area contributed by atoms with Crippen molar-refractivity contribution in [1.82, 2.24) is 9.13 Å². The summed E-state index contributed by atoms with van der Waals surface area (Å²) >= 11 is 0. The Hall–Kier alpha value is -5.85. The Morgan fingerprint density at radius 2 is 1.37 bits per heavy atom. The van der Waals surface area contributed by atoms with Gasteiger partial charge in [0, 0.05) is 38.7 Å². The number of fused-ring (bicyclic) bond motifs is 6. The molecule has 0 N–H and O–H groups in total. The van der Waals surface area contributed by atoms with Gasteiger partial charge in [0.25, 0.3) is 0 Å². The summed E-state index contributed by atoms with van der Waals surface area (Å²) in [6, 6.07) is 41.6. The van der Waals surface area contributed by atoms with E-state index in [4.69, 9.17) is 0 Å². The molecule has 0 radical (unpaired) electrons. The molecule has 218 valence electrons. The molecule has 2 heterocycles. The van der Waals surface area contributed by atoms with Crippen LogP contribution in [0.5, 0.6) is 0 Å². The van der Waals surface area contributed by atoms with E-state index in [-0.39, 0.29) is 0 Å². The zero-order valence-corrected chi connectivity index (χ0v) is 25.4. The second-order valence-electron chi connectivity index (χ2n) is 12.2. The second kappa shape index (κ2) is 10.6. The Morgan fingerprint density at radius 3 is 2.26 bits per heavy atom. The Morgan fingerprint density at radius 1 is 0.630 bits per heavy atom. The molecule has 2 aliphatic carbocycles. The van der Waals surface area contributed by atoms with Crippen LogP contribution in [0, 0.1) is 11.3 Å². The molecule has 3 nitrogen and oxygen atoms in total. The molecular weight excluding hydrogens is 558 g/mol. The lowest BCUT2D eigenvalue weighted by atomic mass is 9.93. The van der Waals surface area contributed by atoms with Gasteiger partial charge in [0.15, 0.2) is 0 Å². The van der Waals surface area contributed by atoms with Crippen molar-refractivity contribution in [3.05, 3.63) is 150 Å². The van der Waals surface area contributed by atoms with Crippen molar-refractivity contribution >= 4 is 44.5 Å². The van der Waals surface area contributed by atoms with Gasteiger partial charge in [-0.1, -0.05) is 103 Å². The normalized spacial score (nSPS) is 14.1. The summed E-state index contributed by atoms with van der Waals surface area (Å²) in [7, 11) is 0. The van der Waals surface area contributed by atoms with Gasteiger partial charge in [0.2, 0.25) is 0 Å². The molecule has 9 rings (SSSR count). The summed E-state index contributed by atoms with van der Waals surface area (Å²) in [5.41, 5.74) is 14.0. The van der Waals surface area contributed by atoms with Crippen LogP contribution in [0.15, 0.2) is 133 Å². The number of nitrogens with zero attached hydrogens (tertiary/aromatic N) is 3. The molecule has 2 aromatic heterocycles. The zero-order valence-electron chi connectivity index (χ0n) is 25.4. The Bertz CT molecular complexity index is 2490. The van der Waals surface area contributed by atoms with E-state index in [1.54, 1.807) is 0 Å². The summed E-state index contributed by atoms with van der Waals surface area (Å²) in [6.07, 6.45) is 15.3. The number of hydrogen-bond donors (Lipinski definition) is 0. The summed E-state index contributed by atoms with van der Waals surface area (Å²) in [5, 5.41) is 13.8. The highest BCUT2D eigenvalue weighted by Gasteiger charge is 2.23. The topological polar surface area (TPSA) is 33.6 Å². The zero-order chi connectivity index (χ0) is 30.6. The van der Waals surface area contributed by atoms with Crippen LogP contribution in [0.2, 0.25) is 0 Å². The van der Waals surface area contributed by atoms with E-state index in [1.807, 2.05) is 18.2 Å². The van der Waals surface area contributed by atoms with Crippen molar-refractivity contribution < 1.29 is 0 Å². The van der Waals surface area contributed by atoms with Crippen LogP contribution in [-0.4, -0.2) is 9.13 Å². The van der Waals surface area contributed by atoms with E-state index < -0.39 is 0 Å². The van der Waals surface area contributed by atoms with Gasteiger partial charge < -0.3 is 9.13 Å². The van der Waals surface area contributed by atoms with Crippen molar-refractivity contribution in [2.75, 3.05) is 0 Å². The molecule has 0 unspecified atom stereocenters. The molecule has 0 fully saturated rings. The third-order valence-electron chi connectivity index (χ3n) is 9.69. The number of benzene rings is 5. The third kappa shape index (κ3) is 3.97. The van der Waals surface area contributed by atoms with Crippen molar-refractivity contribution in [3.8, 4) is 34.0 Å². The largest absolute Gasteiger partial charge is 0.312 e. The SMILES string of the molecule is N#Cc1ccccc1-n1c2c(c3c(-c4cccc(-c5cccc6c7ccccc7n(C7=CC=CCC7)c56)c4)cccc31)C=CCC2. The van der Waals surface area contributed by atoms with Gasteiger partial charge in [0.1, 0.15) is 6.07 Å². The van der Waals surface area contributed by atoms with E-state index in [2.05, 4.69) is 137 Å². The first-order valence-corrected chi connectivity index (χ1v) is 16.1. The smallest absolute Gasteiger partial charge is 0.101 e. The highest BCUT2D eigenvalue weighted by atomic mass is 15.0. The van der Waals surface area contributed by atoms with Crippen LogP contribution >= 0.6 is 0 Å². The first-order chi connectivity index (χ1) is 22.8. The molecule has 0 saturated heterocycles. The number of para-hydroxylation sites is 3. The molecular formula is C43H31N3. The number of nitriles is 1. The van der Waals surface area contributed by atoms with Crippen molar-refractivity contribution in [2.45, 2.75) is 25.7 Å². The molecule has 0 saturated carbocycles. The molecule has 46 heavy (non-hydrogen) atoms. The average Bonchev–Trinajstić information content (AvgIpc) is 3.65. The fourth-order valence-corrected chi connectivity index (χ4v) is 7.73. The van der Waals surface area contributed by atoms with Crippen LogP contribution in [0.1, 0.15) is 36.1 Å². The Balaban J connectivity index is 1.29. The molecule has 0 amide bonds. The summed E-state index contributed by atoms with van der Waals surface area (Å²) in [4.78, 5) is 0. The fourth-order valence-electron chi connectivity index (χ4n) is 7.73. The molecule has 0 bridgehead atoms. The molecule has 0 aliphatic heterocycles. The minimum atomic E-state index is 0.691. The summed E-state index contributed by atoms with van der Waals surface area (Å²) in [5.74, 6) is 0. The maximum atomic E-state index is 10.0. The predicted molar refractivity (Wildman–Crippen MR) is 192 cm³/mol. The lowest BCUT2D eigenvalue weighted by molar-refractivity contribution is 0.887. The quantitative estimate of drug-likeness (QED) is 0.201. The van der Waals surface area contributed by atoms with Crippen LogP contribution < -0.4 is 0 Å². The Kier molecular flexibility index (Phi) is 6.14. The minimum absolute atomic E-state index is 0.691. The summed E-state index contributed by atoms with van der Waals surface area (Å²) in [6.45, 7) is 0. The molecule has 0 spiro atoms. The van der Waals surface area contributed by atoms with E-state index in [0.29, 0.717) is 5.56 Å². The van der Waals surface area contributed by atoms with Gasteiger partial charge in [0.05, 0.1) is 27.8 Å². The van der Waals surface area contributed by atoms with E-state index >= 15 is 0 Å². The van der Waals surface area contributed by atoms with E-state index in [9.17, 15) is 5.26 Å². The van der Waals surface area contributed by atoms with Crippen LogP contribution in [0.25, 0.3) is 72.4 Å². The maximum Gasteiger partial charge on any atom is 0.101 e. The fraction of sp³-hybridized carbons (Fsp3) is 0.0930.